The Bertz CT molecular complexity index is 1770. The molecule has 0 aliphatic carbocycles. The molecule has 0 saturated heterocycles. The summed E-state index contributed by atoms with van der Waals surface area (Å²) in [5.41, 5.74) is 1.51. The molecule has 2 heterocycles. The molecule has 0 aromatic heterocycles. The van der Waals surface area contributed by atoms with Gasteiger partial charge < -0.3 is 0 Å². The van der Waals surface area contributed by atoms with Gasteiger partial charge in [0.25, 0.3) is 23.6 Å². The normalized spacial score (nSPS) is 15.8. The maximum Gasteiger partial charge on any atom is 0.261 e. The third-order valence-corrected chi connectivity index (χ3v) is 7.74. The van der Waals surface area contributed by atoms with Crippen molar-refractivity contribution < 1.29 is 19.2 Å². The van der Waals surface area contributed by atoms with Gasteiger partial charge in [0.1, 0.15) is 0 Å². The highest BCUT2D eigenvalue weighted by Crippen LogP contribution is 2.50. The summed E-state index contributed by atoms with van der Waals surface area (Å²) in [6, 6.07) is 10.2. The monoisotopic (exact) mass is 486 g/mol. The maximum atomic E-state index is 13.0. The molecular weight excluding hydrogens is 475 g/mol. The van der Waals surface area contributed by atoms with Crippen LogP contribution in [-0.4, -0.2) is 47.5 Å². The lowest BCUT2D eigenvalue weighted by Gasteiger charge is -2.28. The Labute approximate surface area is 201 Å². The van der Waals surface area contributed by atoms with Crippen molar-refractivity contribution in [3.63, 3.8) is 0 Å². The second-order valence-corrected chi connectivity index (χ2v) is 9.54. The first-order valence-electron chi connectivity index (χ1n) is 10.5. The van der Waals surface area contributed by atoms with E-state index in [0.29, 0.717) is 64.6 Å². The zero-order valence-electron chi connectivity index (χ0n) is 17.7. The predicted molar refractivity (Wildman–Crippen MR) is 131 cm³/mol. The Balaban J connectivity index is 1.83. The molecule has 5 aromatic rings. The number of nitrogens with zero attached hydrogens (tertiary/aromatic N) is 2. The molecular formula is C26H12Cl2N2O4. The number of fused-ring (bicyclic) bond motifs is 2. The average molecular weight is 487 g/mol. The van der Waals surface area contributed by atoms with E-state index in [9.17, 15) is 19.2 Å². The maximum absolute atomic E-state index is 13.0. The molecule has 2 aliphatic heterocycles. The summed E-state index contributed by atoms with van der Waals surface area (Å²) in [6.07, 6.45) is 0. The van der Waals surface area contributed by atoms with Crippen LogP contribution >= 0.6 is 23.2 Å². The van der Waals surface area contributed by atoms with Crippen LogP contribution in [0, 0.1) is 0 Å². The van der Waals surface area contributed by atoms with Crippen molar-refractivity contribution in [2.45, 2.75) is 0 Å². The molecule has 0 bridgehead atoms. The topological polar surface area (TPSA) is 74.8 Å². The number of carbonyl (C=O) groups is 4. The molecule has 34 heavy (non-hydrogen) atoms. The van der Waals surface area contributed by atoms with Crippen LogP contribution in [0.3, 0.4) is 0 Å². The molecule has 5 aromatic carbocycles. The Morgan fingerprint density at radius 1 is 0.500 bits per heavy atom. The van der Waals surface area contributed by atoms with Gasteiger partial charge in [-0.25, -0.2) is 0 Å². The van der Waals surface area contributed by atoms with Crippen molar-refractivity contribution in [1.82, 2.24) is 9.80 Å². The van der Waals surface area contributed by atoms with Gasteiger partial charge in [-0.3, -0.25) is 29.0 Å². The van der Waals surface area contributed by atoms with Gasteiger partial charge in [0.2, 0.25) is 0 Å². The van der Waals surface area contributed by atoms with Crippen molar-refractivity contribution in [3.05, 3.63) is 68.7 Å². The summed E-state index contributed by atoms with van der Waals surface area (Å²) in [5.74, 6) is -1.63. The number of benzene rings is 5. The molecule has 2 aliphatic rings. The number of halogens is 2. The number of hydrogen-bond acceptors (Lipinski definition) is 4. The smallest absolute Gasteiger partial charge is 0.261 e. The Morgan fingerprint density at radius 2 is 0.882 bits per heavy atom. The van der Waals surface area contributed by atoms with E-state index in [1.807, 2.05) is 0 Å². The fourth-order valence-corrected chi connectivity index (χ4v) is 6.22. The lowest BCUT2D eigenvalue weighted by Crippen LogP contribution is -2.37. The number of rotatable bonds is 0. The minimum Gasteiger partial charge on any atom is -0.277 e. The van der Waals surface area contributed by atoms with Crippen molar-refractivity contribution >= 4 is 89.9 Å². The first kappa shape index (κ1) is 19.7. The average Bonchev–Trinajstić information content (AvgIpc) is 2.83. The molecule has 6 nitrogen and oxygen atoms in total. The van der Waals surface area contributed by atoms with E-state index in [-0.39, 0.29) is 11.8 Å². The van der Waals surface area contributed by atoms with Gasteiger partial charge in [0, 0.05) is 62.2 Å². The Morgan fingerprint density at radius 3 is 1.32 bits per heavy atom. The van der Waals surface area contributed by atoms with E-state index in [0.717, 1.165) is 20.6 Å². The van der Waals surface area contributed by atoms with Gasteiger partial charge in [0.15, 0.2) is 0 Å². The summed E-state index contributed by atoms with van der Waals surface area (Å²) in [5, 5.41) is 5.73. The quantitative estimate of drug-likeness (QED) is 0.164. The predicted octanol–water partition coefficient (Wildman–Crippen LogP) is 5.50. The van der Waals surface area contributed by atoms with Gasteiger partial charge in [-0.2, -0.15) is 0 Å². The fraction of sp³-hybridized carbons (Fsp3) is 0.0769. The van der Waals surface area contributed by atoms with Crippen molar-refractivity contribution in [2.75, 3.05) is 14.1 Å². The summed E-state index contributed by atoms with van der Waals surface area (Å²) < 4.78 is 0. The summed E-state index contributed by atoms with van der Waals surface area (Å²) in [4.78, 5) is 54.0. The van der Waals surface area contributed by atoms with Gasteiger partial charge >= 0.3 is 0 Å². The van der Waals surface area contributed by atoms with E-state index in [2.05, 4.69) is 0 Å². The molecule has 0 unspecified atom stereocenters. The van der Waals surface area contributed by atoms with Crippen LogP contribution in [-0.2, 0) is 0 Å². The lowest BCUT2D eigenvalue weighted by molar-refractivity contribution is 0.0635. The lowest BCUT2D eigenvalue weighted by atomic mass is 9.82. The Kier molecular flexibility index (Phi) is 3.49. The van der Waals surface area contributed by atoms with E-state index in [1.54, 1.807) is 36.4 Å². The van der Waals surface area contributed by atoms with Crippen LogP contribution in [0.5, 0.6) is 0 Å². The third kappa shape index (κ3) is 2.01. The first-order chi connectivity index (χ1) is 16.2. The molecule has 0 atom stereocenters. The number of hydrogen-bond donors (Lipinski definition) is 0. The molecule has 0 spiro atoms. The molecule has 0 N–H and O–H groups in total. The molecule has 0 radical (unpaired) electrons. The minimum absolute atomic E-state index is 0.324. The second kappa shape index (κ2) is 6.03. The molecule has 0 saturated carbocycles. The molecule has 0 fully saturated rings. The number of imide groups is 2. The largest absolute Gasteiger partial charge is 0.277 e. The van der Waals surface area contributed by atoms with E-state index in [1.165, 1.54) is 14.1 Å². The first-order valence-corrected chi connectivity index (χ1v) is 11.2. The fourth-order valence-electron chi connectivity index (χ4n) is 5.61. The van der Waals surface area contributed by atoms with Crippen LogP contribution in [0.1, 0.15) is 41.4 Å². The van der Waals surface area contributed by atoms with Crippen LogP contribution in [0.15, 0.2) is 36.4 Å². The second-order valence-electron chi connectivity index (χ2n) is 8.72. The highest BCUT2D eigenvalue weighted by Gasteiger charge is 2.36. The Hall–Kier alpha value is -3.74. The number of amides is 4. The summed E-state index contributed by atoms with van der Waals surface area (Å²) in [7, 11) is 2.89. The highest BCUT2D eigenvalue weighted by atomic mass is 35.5. The summed E-state index contributed by atoms with van der Waals surface area (Å²) >= 11 is 13.6. The van der Waals surface area contributed by atoms with Gasteiger partial charge in [-0.15, -0.1) is 0 Å². The van der Waals surface area contributed by atoms with Crippen molar-refractivity contribution in [1.29, 1.82) is 0 Å². The zero-order valence-corrected chi connectivity index (χ0v) is 19.3. The van der Waals surface area contributed by atoms with Gasteiger partial charge in [-0.1, -0.05) is 35.3 Å². The SMILES string of the molecule is CN1C(=O)c2ccc3c4c(Cl)cc5c6c(cc(Cl)c(c7ccc(c2c37)C1=O)c64)C(=O)N(C)C5=O. The molecule has 4 amide bonds. The van der Waals surface area contributed by atoms with Crippen LogP contribution < -0.4 is 0 Å². The molecule has 8 heteroatoms. The van der Waals surface area contributed by atoms with Crippen molar-refractivity contribution in [3.8, 4) is 0 Å². The summed E-state index contributed by atoms with van der Waals surface area (Å²) in [6.45, 7) is 0. The van der Waals surface area contributed by atoms with Crippen molar-refractivity contribution in [2.24, 2.45) is 0 Å². The van der Waals surface area contributed by atoms with Crippen LogP contribution in [0.4, 0.5) is 0 Å². The standard InChI is InChI=1S/C26H12Cl2N2O4/c1-29-23(31)11-5-3-9-17-10(4-6-12(18(11)17)24(29)32)21-16(28)8-14-19-13(25(33)30(2)26(14)34)7-15(27)20(9)22(19)21/h3-8H,1-2H3. The zero-order chi connectivity index (χ0) is 23.8. The van der Waals surface area contributed by atoms with Gasteiger partial charge in [0.05, 0.1) is 11.1 Å². The van der Waals surface area contributed by atoms with Crippen LogP contribution in [0.2, 0.25) is 10.0 Å². The third-order valence-electron chi connectivity index (χ3n) is 7.15. The van der Waals surface area contributed by atoms with Crippen LogP contribution in [0.25, 0.3) is 43.1 Å². The van der Waals surface area contributed by atoms with E-state index >= 15 is 0 Å². The molecule has 164 valence electrons. The number of carbonyl (C=O) groups excluding carboxylic acids is 4. The molecule has 7 rings (SSSR count). The van der Waals surface area contributed by atoms with E-state index in [4.69, 9.17) is 23.2 Å². The minimum atomic E-state index is -0.436. The van der Waals surface area contributed by atoms with E-state index < -0.39 is 11.8 Å². The van der Waals surface area contributed by atoms with Gasteiger partial charge in [-0.05, 0) is 40.4 Å². The highest BCUT2D eigenvalue weighted by molar-refractivity contribution is 6.51.